The maximum atomic E-state index is 11.9. The third kappa shape index (κ3) is 2.26. The first-order valence-electron chi connectivity index (χ1n) is 6.02. The lowest BCUT2D eigenvalue weighted by Gasteiger charge is -2.08. The smallest absolute Gasteiger partial charge is 0.372 e. The van der Waals surface area contributed by atoms with Crippen LogP contribution in [0.25, 0.3) is 10.9 Å². The standard InChI is InChI=1S/C15H10ClNO3/c16-11-7-5-10(6-8-11)9-17-13-4-2-1-3-12(13)14(18)20-15(17)19/h1-8H,9H2. The fourth-order valence-electron chi connectivity index (χ4n) is 2.09. The second-order valence-electron chi connectivity index (χ2n) is 4.39. The first-order chi connectivity index (χ1) is 9.65. The van der Waals surface area contributed by atoms with Crippen LogP contribution in [-0.4, -0.2) is 4.57 Å². The zero-order valence-electron chi connectivity index (χ0n) is 10.4. The van der Waals surface area contributed by atoms with Crippen LogP contribution in [0, 0.1) is 0 Å². The van der Waals surface area contributed by atoms with E-state index in [1.807, 2.05) is 12.1 Å². The van der Waals surface area contributed by atoms with Crippen LogP contribution in [0.3, 0.4) is 0 Å². The van der Waals surface area contributed by atoms with E-state index < -0.39 is 11.4 Å². The van der Waals surface area contributed by atoms with Crippen LogP contribution in [0.4, 0.5) is 0 Å². The molecule has 0 N–H and O–H groups in total. The summed E-state index contributed by atoms with van der Waals surface area (Å²) < 4.78 is 6.17. The minimum absolute atomic E-state index is 0.320. The van der Waals surface area contributed by atoms with Crippen LogP contribution in [0.5, 0.6) is 0 Å². The molecule has 0 radical (unpaired) electrons. The molecular formula is C15H10ClNO3. The van der Waals surface area contributed by atoms with Gasteiger partial charge in [-0.25, -0.2) is 9.59 Å². The number of aromatic nitrogens is 1. The van der Waals surface area contributed by atoms with Gasteiger partial charge in [-0.1, -0.05) is 35.9 Å². The molecule has 20 heavy (non-hydrogen) atoms. The van der Waals surface area contributed by atoms with Crippen molar-refractivity contribution in [2.45, 2.75) is 6.54 Å². The van der Waals surface area contributed by atoms with E-state index in [-0.39, 0.29) is 0 Å². The Morgan fingerprint density at radius 3 is 2.45 bits per heavy atom. The van der Waals surface area contributed by atoms with Crippen molar-refractivity contribution in [2.75, 3.05) is 0 Å². The molecule has 4 nitrogen and oxygen atoms in total. The fraction of sp³-hybridized carbons (Fsp3) is 0.0667. The van der Waals surface area contributed by atoms with Gasteiger partial charge in [-0.2, -0.15) is 0 Å². The van der Waals surface area contributed by atoms with Gasteiger partial charge >= 0.3 is 11.4 Å². The summed E-state index contributed by atoms with van der Waals surface area (Å²) in [6.07, 6.45) is 0. The van der Waals surface area contributed by atoms with Gasteiger partial charge in [0.2, 0.25) is 0 Å². The van der Waals surface area contributed by atoms with Gasteiger partial charge in [0.25, 0.3) is 0 Å². The second-order valence-corrected chi connectivity index (χ2v) is 4.82. The van der Waals surface area contributed by atoms with Crippen LogP contribution in [0.15, 0.2) is 62.5 Å². The highest BCUT2D eigenvalue weighted by molar-refractivity contribution is 6.30. The van der Waals surface area contributed by atoms with Crippen LogP contribution in [0.2, 0.25) is 5.02 Å². The molecule has 0 aliphatic heterocycles. The summed E-state index contributed by atoms with van der Waals surface area (Å²) in [5.74, 6) is -0.663. The number of para-hydroxylation sites is 1. The van der Waals surface area contributed by atoms with E-state index in [9.17, 15) is 9.59 Å². The summed E-state index contributed by atoms with van der Waals surface area (Å²) in [7, 11) is 0. The number of fused-ring (bicyclic) bond motifs is 1. The number of halogens is 1. The van der Waals surface area contributed by atoms with Gasteiger partial charge < -0.3 is 4.42 Å². The Morgan fingerprint density at radius 1 is 1.00 bits per heavy atom. The van der Waals surface area contributed by atoms with E-state index in [0.717, 1.165) is 5.56 Å². The highest BCUT2D eigenvalue weighted by Crippen LogP contribution is 2.13. The fourth-order valence-corrected chi connectivity index (χ4v) is 2.22. The molecule has 0 atom stereocenters. The van der Waals surface area contributed by atoms with Crippen LogP contribution < -0.4 is 11.4 Å². The predicted octanol–water partition coefficient (Wildman–Crippen LogP) is 2.66. The Kier molecular flexibility index (Phi) is 3.16. The Morgan fingerprint density at radius 2 is 1.70 bits per heavy atom. The Hall–Kier alpha value is -2.33. The van der Waals surface area contributed by atoms with Gasteiger partial charge in [-0.05, 0) is 29.8 Å². The quantitative estimate of drug-likeness (QED) is 0.728. The van der Waals surface area contributed by atoms with Crippen molar-refractivity contribution in [2.24, 2.45) is 0 Å². The van der Waals surface area contributed by atoms with E-state index in [0.29, 0.717) is 22.5 Å². The third-order valence-corrected chi connectivity index (χ3v) is 3.32. The number of hydrogen-bond donors (Lipinski definition) is 0. The average Bonchev–Trinajstić information content (AvgIpc) is 2.45. The van der Waals surface area contributed by atoms with Gasteiger partial charge in [0.05, 0.1) is 17.4 Å². The molecule has 0 unspecified atom stereocenters. The Labute approximate surface area is 118 Å². The van der Waals surface area contributed by atoms with Crippen LogP contribution >= 0.6 is 11.6 Å². The van der Waals surface area contributed by atoms with E-state index in [2.05, 4.69) is 0 Å². The van der Waals surface area contributed by atoms with Crippen molar-refractivity contribution in [3.63, 3.8) is 0 Å². The highest BCUT2D eigenvalue weighted by Gasteiger charge is 2.09. The van der Waals surface area contributed by atoms with Crippen molar-refractivity contribution in [3.05, 3.63) is 80.1 Å². The lowest BCUT2D eigenvalue weighted by atomic mass is 10.2. The van der Waals surface area contributed by atoms with E-state index >= 15 is 0 Å². The second kappa shape index (κ2) is 4.98. The maximum Gasteiger partial charge on any atom is 0.422 e. The topological polar surface area (TPSA) is 52.2 Å². The Bertz CT molecular complexity index is 878. The molecule has 3 rings (SSSR count). The van der Waals surface area contributed by atoms with Crippen LogP contribution in [-0.2, 0) is 6.54 Å². The largest absolute Gasteiger partial charge is 0.422 e. The lowest BCUT2D eigenvalue weighted by Crippen LogP contribution is -2.25. The van der Waals surface area contributed by atoms with Crippen molar-refractivity contribution >= 4 is 22.5 Å². The van der Waals surface area contributed by atoms with Gasteiger partial charge in [0.1, 0.15) is 0 Å². The molecule has 1 heterocycles. The van der Waals surface area contributed by atoms with Crippen molar-refractivity contribution in [1.82, 2.24) is 4.57 Å². The summed E-state index contributed by atoms with van der Waals surface area (Å²) in [4.78, 5) is 23.5. The number of rotatable bonds is 2. The molecular weight excluding hydrogens is 278 g/mol. The summed E-state index contributed by atoms with van der Waals surface area (Å²) >= 11 is 5.83. The third-order valence-electron chi connectivity index (χ3n) is 3.07. The SMILES string of the molecule is O=c1oc(=O)n(Cc2ccc(Cl)cc2)c2ccccc12. The van der Waals surface area contributed by atoms with Crippen molar-refractivity contribution in [3.8, 4) is 0 Å². The monoisotopic (exact) mass is 287 g/mol. The number of hydrogen-bond acceptors (Lipinski definition) is 3. The van der Waals surface area contributed by atoms with Gasteiger partial charge in [0, 0.05) is 5.02 Å². The molecule has 0 spiro atoms. The van der Waals surface area contributed by atoms with E-state index in [1.54, 1.807) is 36.4 Å². The first-order valence-corrected chi connectivity index (χ1v) is 6.40. The highest BCUT2D eigenvalue weighted by atomic mass is 35.5. The molecule has 2 aromatic carbocycles. The Balaban J connectivity index is 2.18. The summed E-state index contributed by atoms with van der Waals surface area (Å²) in [5, 5.41) is 1.02. The first kappa shape index (κ1) is 12.7. The molecule has 0 aliphatic carbocycles. The molecule has 0 amide bonds. The zero-order valence-corrected chi connectivity index (χ0v) is 11.1. The van der Waals surface area contributed by atoms with Gasteiger partial charge in [-0.15, -0.1) is 0 Å². The number of nitrogens with zero attached hydrogens (tertiary/aromatic N) is 1. The molecule has 1 aromatic heterocycles. The molecule has 0 aliphatic rings. The van der Waals surface area contributed by atoms with Crippen LogP contribution in [0.1, 0.15) is 5.56 Å². The van der Waals surface area contributed by atoms with Crippen molar-refractivity contribution in [1.29, 1.82) is 0 Å². The maximum absolute atomic E-state index is 11.9. The molecule has 0 bridgehead atoms. The molecule has 0 saturated carbocycles. The molecule has 3 aromatic rings. The normalized spacial score (nSPS) is 10.8. The molecule has 0 fully saturated rings. The molecule has 0 saturated heterocycles. The molecule has 5 heteroatoms. The minimum atomic E-state index is -0.663. The average molecular weight is 288 g/mol. The predicted molar refractivity (Wildman–Crippen MR) is 77.3 cm³/mol. The van der Waals surface area contributed by atoms with E-state index in [4.69, 9.17) is 16.0 Å². The summed E-state index contributed by atoms with van der Waals surface area (Å²) in [5.41, 5.74) is 0.845. The van der Waals surface area contributed by atoms with Crippen molar-refractivity contribution < 1.29 is 4.42 Å². The molecule has 100 valence electrons. The minimum Gasteiger partial charge on any atom is -0.372 e. The summed E-state index contributed by atoms with van der Waals surface area (Å²) in [6.45, 7) is 0.320. The van der Waals surface area contributed by atoms with Gasteiger partial charge in [0.15, 0.2) is 0 Å². The zero-order chi connectivity index (χ0) is 14.1. The summed E-state index contributed by atoms with van der Waals surface area (Å²) in [6, 6.07) is 14.0. The van der Waals surface area contributed by atoms with E-state index in [1.165, 1.54) is 4.57 Å². The van der Waals surface area contributed by atoms with Gasteiger partial charge in [-0.3, -0.25) is 4.57 Å². The lowest BCUT2D eigenvalue weighted by molar-refractivity contribution is 0.425. The number of benzene rings is 2.